The van der Waals surface area contributed by atoms with Gasteiger partial charge in [-0.2, -0.15) is 0 Å². The minimum atomic E-state index is -0.474. The number of nitro groups is 1. The SMILES string of the molecule is Cc1cc([N+](=O)[O-])cc(CO)c1Br. The number of halogens is 1. The Bertz CT molecular complexity index is 351. The van der Waals surface area contributed by atoms with Crippen LogP contribution in [-0.4, -0.2) is 10.0 Å². The van der Waals surface area contributed by atoms with Crippen LogP contribution in [0.5, 0.6) is 0 Å². The van der Waals surface area contributed by atoms with Gasteiger partial charge in [-0.25, -0.2) is 0 Å². The highest BCUT2D eigenvalue weighted by molar-refractivity contribution is 9.10. The molecule has 0 fully saturated rings. The Morgan fingerprint density at radius 3 is 2.69 bits per heavy atom. The summed E-state index contributed by atoms with van der Waals surface area (Å²) in [7, 11) is 0. The van der Waals surface area contributed by atoms with Gasteiger partial charge in [0.25, 0.3) is 5.69 Å². The fraction of sp³-hybridized carbons (Fsp3) is 0.250. The first-order valence-electron chi connectivity index (χ1n) is 3.60. The summed E-state index contributed by atoms with van der Waals surface area (Å²) in [5, 5.41) is 19.3. The Kier molecular flexibility index (Phi) is 3.00. The van der Waals surface area contributed by atoms with Gasteiger partial charge < -0.3 is 5.11 Å². The lowest BCUT2D eigenvalue weighted by molar-refractivity contribution is -0.385. The highest BCUT2D eigenvalue weighted by Crippen LogP contribution is 2.26. The molecular weight excluding hydrogens is 238 g/mol. The minimum Gasteiger partial charge on any atom is -0.392 e. The third-order valence-corrected chi connectivity index (χ3v) is 2.83. The summed E-state index contributed by atoms with van der Waals surface area (Å²) in [5.41, 5.74) is 1.29. The molecule has 4 nitrogen and oxygen atoms in total. The molecule has 5 heteroatoms. The van der Waals surface area contributed by atoms with Crippen molar-refractivity contribution in [1.82, 2.24) is 0 Å². The molecule has 1 aromatic carbocycles. The van der Waals surface area contributed by atoms with Crippen LogP contribution in [0.1, 0.15) is 11.1 Å². The van der Waals surface area contributed by atoms with E-state index in [0.717, 1.165) is 10.0 Å². The van der Waals surface area contributed by atoms with E-state index in [0.29, 0.717) is 5.56 Å². The molecule has 0 radical (unpaired) electrons. The van der Waals surface area contributed by atoms with Gasteiger partial charge in [0.2, 0.25) is 0 Å². The second-order valence-electron chi connectivity index (χ2n) is 2.65. The lowest BCUT2D eigenvalue weighted by atomic mass is 10.1. The number of non-ortho nitro benzene ring substituents is 1. The second-order valence-corrected chi connectivity index (χ2v) is 3.44. The summed E-state index contributed by atoms with van der Waals surface area (Å²) in [6, 6.07) is 2.82. The van der Waals surface area contributed by atoms with Gasteiger partial charge >= 0.3 is 0 Å². The van der Waals surface area contributed by atoms with E-state index >= 15 is 0 Å². The number of benzene rings is 1. The summed E-state index contributed by atoms with van der Waals surface area (Å²) in [6.07, 6.45) is 0. The molecule has 1 N–H and O–H groups in total. The van der Waals surface area contributed by atoms with E-state index in [1.165, 1.54) is 12.1 Å². The van der Waals surface area contributed by atoms with Crippen molar-refractivity contribution in [2.75, 3.05) is 0 Å². The number of aryl methyl sites for hydroxylation is 1. The van der Waals surface area contributed by atoms with E-state index in [-0.39, 0.29) is 12.3 Å². The molecule has 0 aliphatic carbocycles. The van der Waals surface area contributed by atoms with Crippen LogP contribution in [0.2, 0.25) is 0 Å². The van der Waals surface area contributed by atoms with Crippen molar-refractivity contribution in [1.29, 1.82) is 0 Å². The predicted molar refractivity (Wildman–Crippen MR) is 51.5 cm³/mol. The van der Waals surface area contributed by atoms with E-state index < -0.39 is 4.92 Å². The first kappa shape index (κ1) is 10.1. The quantitative estimate of drug-likeness (QED) is 0.642. The van der Waals surface area contributed by atoms with Gasteiger partial charge in [-0.15, -0.1) is 0 Å². The number of nitrogens with zero attached hydrogens (tertiary/aromatic N) is 1. The Labute approximate surface area is 83.5 Å². The molecule has 13 heavy (non-hydrogen) atoms. The fourth-order valence-corrected chi connectivity index (χ4v) is 1.40. The fourth-order valence-electron chi connectivity index (χ4n) is 1.04. The monoisotopic (exact) mass is 245 g/mol. The van der Waals surface area contributed by atoms with Crippen LogP contribution < -0.4 is 0 Å². The smallest absolute Gasteiger partial charge is 0.270 e. The Morgan fingerprint density at radius 2 is 2.23 bits per heavy atom. The molecule has 0 spiro atoms. The zero-order valence-corrected chi connectivity index (χ0v) is 8.54. The molecule has 0 unspecified atom stereocenters. The number of aliphatic hydroxyl groups excluding tert-OH is 1. The van der Waals surface area contributed by atoms with Crippen LogP contribution in [0, 0.1) is 17.0 Å². The van der Waals surface area contributed by atoms with E-state index in [1.807, 2.05) is 0 Å². The number of hydrogen-bond acceptors (Lipinski definition) is 3. The van der Waals surface area contributed by atoms with Gasteiger partial charge in [-0.3, -0.25) is 10.1 Å². The summed E-state index contributed by atoms with van der Waals surface area (Å²) >= 11 is 3.24. The molecule has 0 aliphatic heterocycles. The number of rotatable bonds is 2. The molecule has 1 aromatic rings. The molecule has 0 saturated heterocycles. The molecule has 0 saturated carbocycles. The molecular formula is C8H8BrNO3. The summed E-state index contributed by atoms with van der Waals surface area (Å²) in [5.74, 6) is 0. The van der Waals surface area contributed by atoms with E-state index in [2.05, 4.69) is 15.9 Å². The third kappa shape index (κ3) is 2.05. The van der Waals surface area contributed by atoms with Crippen molar-refractivity contribution in [2.24, 2.45) is 0 Å². The van der Waals surface area contributed by atoms with Crippen molar-refractivity contribution in [2.45, 2.75) is 13.5 Å². The van der Waals surface area contributed by atoms with Crippen molar-refractivity contribution in [3.8, 4) is 0 Å². The van der Waals surface area contributed by atoms with Gasteiger partial charge in [-0.05, 0) is 18.1 Å². The maximum atomic E-state index is 10.4. The van der Waals surface area contributed by atoms with Crippen LogP contribution in [0.25, 0.3) is 0 Å². The number of nitro benzene ring substituents is 1. The first-order valence-corrected chi connectivity index (χ1v) is 4.40. The Hall–Kier alpha value is -0.940. The van der Waals surface area contributed by atoms with Gasteiger partial charge in [-0.1, -0.05) is 15.9 Å². The van der Waals surface area contributed by atoms with Gasteiger partial charge in [0.1, 0.15) is 0 Å². The summed E-state index contributed by atoms with van der Waals surface area (Å²) in [4.78, 5) is 9.97. The molecule has 0 heterocycles. The predicted octanol–water partition coefficient (Wildman–Crippen LogP) is 2.16. The first-order chi connectivity index (χ1) is 6.06. The van der Waals surface area contributed by atoms with E-state index in [4.69, 9.17) is 5.11 Å². The van der Waals surface area contributed by atoms with Crippen molar-refractivity contribution >= 4 is 21.6 Å². The summed E-state index contributed by atoms with van der Waals surface area (Å²) < 4.78 is 0.723. The topological polar surface area (TPSA) is 63.4 Å². The van der Waals surface area contributed by atoms with Gasteiger partial charge in [0.05, 0.1) is 11.5 Å². The number of aliphatic hydroxyl groups is 1. The zero-order chi connectivity index (χ0) is 10.0. The average molecular weight is 246 g/mol. The summed E-state index contributed by atoms with van der Waals surface area (Å²) in [6.45, 7) is 1.54. The highest BCUT2D eigenvalue weighted by atomic mass is 79.9. The maximum Gasteiger partial charge on any atom is 0.270 e. The van der Waals surface area contributed by atoms with Crippen LogP contribution in [0.4, 0.5) is 5.69 Å². The van der Waals surface area contributed by atoms with Crippen LogP contribution in [-0.2, 0) is 6.61 Å². The van der Waals surface area contributed by atoms with Gasteiger partial charge in [0.15, 0.2) is 0 Å². The lowest BCUT2D eigenvalue weighted by Gasteiger charge is -2.03. The Balaban J connectivity index is 3.30. The molecule has 70 valence electrons. The van der Waals surface area contributed by atoms with Crippen LogP contribution in [0.3, 0.4) is 0 Å². The molecule has 0 aromatic heterocycles. The number of hydrogen-bond donors (Lipinski definition) is 1. The van der Waals surface area contributed by atoms with Gasteiger partial charge in [0, 0.05) is 16.6 Å². The molecule has 0 aliphatic rings. The minimum absolute atomic E-state index is 0.00440. The normalized spacial score (nSPS) is 10.1. The lowest BCUT2D eigenvalue weighted by Crippen LogP contribution is -1.94. The zero-order valence-electron chi connectivity index (χ0n) is 6.95. The second kappa shape index (κ2) is 3.85. The molecule has 0 atom stereocenters. The molecule has 0 amide bonds. The largest absolute Gasteiger partial charge is 0.392 e. The third-order valence-electron chi connectivity index (χ3n) is 1.70. The highest BCUT2D eigenvalue weighted by Gasteiger charge is 2.11. The van der Waals surface area contributed by atoms with Crippen molar-refractivity contribution in [3.05, 3.63) is 37.8 Å². The Morgan fingerprint density at radius 1 is 1.62 bits per heavy atom. The maximum absolute atomic E-state index is 10.4. The molecule has 0 bridgehead atoms. The van der Waals surface area contributed by atoms with E-state index in [1.54, 1.807) is 6.92 Å². The van der Waals surface area contributed by atoms with Crippen LogP contribution in [0.15, 0.2) is 16.6 Å². The average Bonchev–Trinajstić information content (AvgIpc) is 2.09. The molecule has 1 rings (SSSR count). The van der Waals surface area contributed by atoms with E-state index in [9.17, 15) is 10.1 Å². The van der Waals surface area contributed by atoms with Crippen molar-refractivity contribution in [3.63, 3.8) is 0 Å². The van der Waals surface area contributed by atoms with Crippen LogP contribution >= 0.6 is 15.9 Å². The van der Waals surface area contributed by atoms with Crippen molar-refractivity contribution < 1.29 is 10.0 Å². The standard InChI is InChI=1S/C8H8BrNO3/c1-5-2-7(10(12)13)3-6(4-11)8(5)9/h2-3,11H,4H2,1H3.